The second-order valence-corrected chi connectivity index (χ2v) is 1.85. The number of carbonyl (C=O) groups is 2. The lowest BCUT2D eigenvalue weighted by Gasteiger charge is -2.09. The first-order chi connectivity index (χ1) is 4.72. The predicted molar refractivity (Wildman–Crippen MR) is 38.5 cm³/mol. The van der Waals surface area contributed by atoms with Crippen LogP contribution in [0, 0.1) is 0 Å². The van der Waals surface area contributed by atoms with Gasteiger partial charge in [-0.2, -0.15) is 0 Å². The number of allylic oxidation sites excluding steroid dienone is 1. The van der Waals surface area contributed by atoms with Gasteiger partial charge in [-0.05, 0) is 13.0 Å². The maximum atomic E-state index is 10.8. The Morgan fingerprint density at radius 2 is 2.20 bits per heavy atom. The molecular weight excluding hydrogens is 130 g/mol. The van der Waals surface area contributed by atoms with Crippen molar-refractivity contribution in [3.63, 3.8) is 0 Å². The average Bonchev–Trinajstić information content (AvgIpc) is 1.98. The molecule has 0 fully saturated rings. The van der Waals surface area contributed by atoms with Crippen molar-refractivity contribution in [3.8, 4) is 0 Å². The smallest absolute Gasteiger partial charge is 0.246 e. The number of rotatable bonds is 3. The maximum Gasteiger partial charge on any atom is 0.246 e. The molecule has 3 nitrogen and oxygen atoms in total. The van der Waals surface area contributed by atoms with Gasteiger partial charge in [-0.25, -0.2) is 0 Å². The molecule has 0 aliphatic carbocycles. The number of hydrogen-bond acceptors (Lipinski definition) is 2. The van der Waals surface area contributed by atoms with Crippen molar-refractivity contribution in [1.82, 2.24) is 4.90 Å². The van der Waals surface area contributed by atoms with E-state index in [1.54, 1.807) is 7.05 Å². The minimum Gasteiger partial charge on any atom is -0.343 e. The molecule has 0 aromatic rings. The fourth-order valence-corrected chi connectivity index (χ4v) is 0.405. The predicted octanol–water partition coefficient (Wildman–Crippen LogP) is 0.220. The van der Waals surface area contributed by atoms with Crippen LogP contribution >= 0.6 is 0 Å². The van der Waals surface area contributed by atoms with Crippen LogP contribution in [0.25, 0.3) is 0 Å². The van der Waals surface area contributed by atoms with Crippen molar-refractivity contribution in [2.75, 3.05) is 13.6 Å². The SMILES string of the molecule is CCN(C)C(=O)/C=C\C=O. The molecule has 0 aromatic carbocycles. The molecule has 0 unspecified atom stereocenters. The van der Waals surface area contributed by atoms with Gasteiger partial charge in [0.05, 0.1) is 0 Å². The molecule has 0 bridgehead atoms. The Kier molecular flexibility index (Phi) is 4.20. The summed E-state index contributed by atoms with van der Waals surface area (Å²) in [5.74, 6) is -0.144. The highest BCUT2D eigenvalue weighted by molar-refractivity contribution is 5.90. The zero-order chi connectivity index (χ0) is 7.98. The highest BCUT2D eigenvalue weighted by Gasteiger charge is 1.98. The molecular formula is C7H11NO2. The molecule has 56 valence electrons. The third-order valence-corrected chi connectivity index (χ3v) is 1.17. The number of nitrogens with zero attached hydrogens (tertiary/aromatic N) is 1. The van der Waals surface area contributed by atoms with Crippen LogP contribution in [0.5, 0.6) is 0 Å². The van der Waals surface area contributed by atoms with Crippen molar-refractivity contribution >= 4 is 12.2 Å². The minimum atomic E-state index is -0.144. The van der Waals surface area contributed by atoms with Crippen LogP contribution in [0.3, 0.4) is 0 Å². The standard InChI is InChI=1S/C7H11NO2/c1-3-8(2)7(10)5-4-6-9/h4-6H,3H2,1-2H3/b5-4-. The average molecular weight is 141 g/mol. The number of hydrogen-bond donors (Lipinski definition) is 0. The molecule has 0 aliphatic rings. The normalized spacial score (nSPS) is 9.80. The molecule has 3 heteroatoms. The summed E-state index contributed by atoms with van der Waals surface area (Å²) in [5.41, 5.74) is 0. The largest absolute Gasteiger partial charge is 0.343 e. The Morgan fingerprint density at radius 3 is 2.60 bits per heavy atom. The Balaban J connectivity index is 3.83. The molecule has 0 heterocycles. The molecule has 0 spiro atoms. The molecule has 0 N–H and O–H groups in total. The fraction of sp³-hybridized carbons (Fsp3) is 0.429. The van der Waals surface area contributed by atoms with E-state index in [0.29, 0.717) is 12.8 Å². The zero-order valence-electron chi connectivity index (χ0n) is 6.20. The molecule has 0 atom stereocenters. The molecule has 1 amide bonds. The highest BCUT2D eigenvalue weighted by atomic mass is 16.2. The Labute approximate surface area is 60.3 Å². The molecule has 0 saturated heterocycles. The van der Waals surface area contributed by atoms with E-state index in [9.17, 15) is 9.59 Å². The Bertz CT molecular complexity index is 152. The van der Waals surface area contributed by atoms with Crippen molar-refractivity contribution in [2.24, 2.45) is 0 Å². The second-order valence-electron chi connectivity index (χ2n) is 1.85. The van der Waals surface area contributed by atoms with Gasteiger partial charge in [0.15, 0.2) is 0 Å². The summed E-state index contributed by atoms with van der Waals surface area (Å²) < 4.78 is 0. The van der Waals surface area contributed by atoms with E-state index in [0.717, 1.165) is 0 Å². The van der Waals surface area contributed by atoms with Gasteiger partial charge in [0.1, 0.15) is 6.29 Å². The van der Waals surface area contributed by atoms with Gasteiger partial charge in [-0.3, -0.25) is 9.59 Å². The van der Waals surface area contributed by atoms with Gasteiger partial charge in [0.2, 0.25) is 5.91 Å². The van der Waals surface area contributed by atoms with Crippen molar-refractivity contribution in [1.29, 1.82) is 0 Å². The van der Waals surface area contributed by atoms with Crippen LogP contribution in [0.15, 0.2) is 12.2 Å². The van der Waals surface area contributed by atoms with Gasteiger partial charge >= 0.3 is 0 Å². The van der Waals surface area contributed by atoms with E-state index in [1.807, 2.05) is 6.92 Å². The summed E-state index contributed by atoms with van der Waals surface area (Å²) in [7, 11) is 1.68. The van der Waals surface area contributed by atoms with E-state index in [2.05, 4.69) is 0 Å². The molecule has 0 saturated carbocycles. The zero-order valence-corrected chi connectivity index (χ0v) is 6.20. The summed E-state index contributed by atoms with van der Waals surface area (Å²) in [6.07, 6.45) is 3.02. The van der Waals surface area contributed by atoms with Gasteiger partial charge in [-0.15, -0.1) is 0 Å². The van der Waals surface area contributed by atoms with Gasteiger partial charge in [0, 0.05) is 19.7 Å². The van der Waals surface area contributed by atoms with E-state index >= 15 is 0 Å². The first-order valence-corrected chi connectivity index (χ1v) is 3.09. The molecule has 10 heavy (non-hydrogen) atoms. The van der Waals surface area contributed by atoms with Crippen LogP contribution in [0.4, 0.5) is 0 Å². The van der Waals surface area contributed by atoms with Crippen molar-refractivity contribution in [2.45, 2.75) is 6.92 Å². The monoisotopic (exact) mass is 141 g/mol. The maximum absolute atomic E-state index is 10.8. The van der Waals surface area contributed by atoms with Crippen LogP contribution in [-0.4, -0.2) is 30.7 Å². The van der Waals surface area contributed by atoms with E-state index in [-0.39, 0.29) is 5.91 Å². The van der Waals surface area contributed by atoms with E-state index in [4.69, 9.17) is 0 Å². The second kappa shape index (κ2) is 4.73. The number of likely N-dealkylation sites (N-methyl/N-ethyl adjacent to an activating group) is 1. The van der Waals surface area contributed by atoms with Gasteiger partial charge in [-0.1, -0.05) is 0 Å². The van der Waals surface area contributed by atoms with Crippen LogP contribution in [-0.2, 0) is 9.59 Å². The molecule has 0 rings (SSSR count). The van der Waals surface area contributed by atoms with Crippen LogP contribution < -0.4 is 0 Å². The Hall–Kier alpha value is -1.12. The van der Waals surface area contributed by atoms with Gasteiger partial charge < -0.3 is 4.90 Å². The number of amides is 1. The molecule has 0 aliphatic heterocycles. The summed E-state index contributed by atoms with van der Waals surface area (Å²) in [6, 6.07) is 0. The summed E-state index contributed by atoms with van der Waals surface area (Å²) >= 11 is 0. The van der Waals surface area contributed by atoms with Crippen LogP contribution in [0.2, 0.25) is 0 Å². The fourth-order valence-electron chi connectivity index (χ4n) is 0.405. The Morgan fingerprint density at radius 1 is 1.60 bits per heavy atom. The van der Waals surface area contributed by atoms with Crippen LogP contribution in [0.1, 0.15) is 6.92 Å². The summed E-state index contributed by atoms with van der Waals surface area (Å²) in [4.78, 5) is 22.1. The topological polar surface area (TPSA) is 37.4 Å². The summed E-state index contributed by atoms with van der Waals surface area (Å²) in [6.45, 7) is 2.52. The van der Waals surface area contributed by atoms with E-state index < -0.39 is 0 Å². The lowest BCUT2D eigenvalue weighted by molar-refractivity contribution is -0.124. The first-order valence-electron chi connectivity index (χ1n) is 3.09. The third-order valence-electron chi connectivity index (χ3n) is 1.17. The number of aldehydes is 1. The molecule has 0 aromatic heterocycles. The molecule has 0 radical (unpaired) electrons. The lowest BCUT2D eigenvalue weighted by atomic mass is 10.4. The van der Waals surface area contributed by atoms with Crippen molar-refractivity contribution < 1.29 is 9.59 Å². The number of carbonyl (C=O) groups excluding carboxylic acids is 2. The minimum absolute atomic E-state index is 0.144. The third kappa shape index (κ3) is 3.02. The van der Waals surface area contributed by atoms with Crippen molar-refractivity contribution in [3.05, 3.63) is 12.2 Å². The summed E-state index contributed by atoms with van der Waals surface area (Å²) in [5, 5.41) is 0. The quantitative estimate of drug-likeness (QED) is 0.416. The first kappa shape index (κ1) is 8.88. The highest BCUT2D eigenvalue weighted by Crippen LogP contribution is 1.83. The van der Waals surface area contributed by atoms with E-state index in [1.165, 1.54) is 17.1 Å². The lowest BCUT2D eigenvalue weighted by Crippen LogP contribution is -2.23. The van der Waals surface area contributed by atoms with Gasteiger partial charge in [0.25, 0.3) is 0 Å².